The topological polar surface area (TPSA) is 144 Å². The van der Waals surface area contributed by atoms with Crippen molar-refractivity contribution >= 4 is 45.3 Å². The highest BCUT2D eigenvalue weighted by Crippen LogP contribution is 2.42. The van der Waals surface area contributed by atoms with Crippen molar-refractivity contribution in [2.24, 2.45) is 0 Å². The maximum atomic E-state index is 6.23. The second-order valence-corrected chi connectivity index (χ2v) is 7.84. The number of nitrogen functional groups attached to an aromatic ring is 2. The molecule has 2 aromatic heterocycles. The van der Waals surface area contributed by atoms with Crippen molar-refractivity contribution in [3.63, 3.8) is 0 Å². The summed E-state index contributed by atoms with van der Waals surface area (Å²) in [6.45, 7) is 0. The third-order valence-electron chi connectivity index (χ3n) is 4.42. The zero-order valence-electron chi connectivity index (χ0n) is 17.3. The van der Waals surface area contributed by atoms with Crippen LogP contribution in [0.1, 0.15) is 0 Å². The molecule has 0 atom stereocenters. The molecule has 2 aromatic carbocycles. The highest BCUT2D eigenvalue weighted by Gasteiger charge is 2.20. The molecule has 0 spiro atoms. The summed E-state index contributed by atoms with van der Waals surface area (Å²) in [5, 5.41) is 8.13. The summed E-state index contributed by atoms with van der Waals surface area (Å²) in [5.74, 6) is 2.23. The number of hydrogen-bond donors (Lipinski definition) is 3. The van der Waals surface area contributed by atoms with Crippen LogP contribution < -0.4 is 31.0 Å². The average molecular weight is 475 g/mol. The Morgan fingerprint density at radius 1 is 1.00 bits per heavy atom. The third-order valence-corrected chi connectivity index (χ3v) is 5.73. The summed E-state index contributed by atoms with van der Waals surface area (Å²) in [6.07, 6.45) is 0. The fourth-order valence-electron chi connectivity index (χ4n) is 2.95. The van der Waals surface area contributed by atoms with Crippen LogP contribution >= 0.6 is 22.9 Å². The maximum Gasteiger partial charge on any atom is 0.272 e. The average Bonchev–Trinajstić information content (AvgIpc) is 3.41. The number of halogens is 1. The number of nitrogens with one attached hydrogen (secondary N) is 1. The molecule has 0 saturated heterocycles. The van der Waals surface area contributed by atoms with Crippen LogP contribution in [-0.4, -0.2) is 36.5 Å². The Morgan fingerprint density at radius 3 is 2.38 bits per heavy atom. The minimum absolute atomic E-state index is 0.214. The second kappa shape index (κ2) is 8.81. The first-order chi connectivity index (χ1) is 15.4. The maximum absolute atomic E-state index is 6.23. The Hall–Kier alpha value is -3.70. The predicted molar refractivity (Wildman–Crippen MR) is 124 cm³/mol. The molecule has 0 aliphatic carbocycles. The van der Waals surface area contributed by atoms with Gasteiger partial charge in [-0.2, -0.15) is 4.98 Å². The van der Waals surface area contributed by atoms with Gasteiger partial charge in [-0.1, -0.05) is 28.1 Å². The number of thiazole rings is 1. The van der Waals surface area contributed by atoms with Gasteiger partial charge >= 0.3 is 0 Å². The number of nitrogens with zero attached hydrogens (tertiary/aromatic N) is 3. The van der Waals surface area contributed by atoms with Crippen LogP contribution in [0, 0.1) is 0 Å². The van der Waals surface area contributed by atoms with Crippen molar-refractivity contribution in [1.29, 1.82) is 0 Å². The molecule has 2 heterocycles. The van der Waals surface area contributed by atoms with E-state index in [2.05, 4.69) is 20.4 Å². The van der Waals surface area contributed by atoms with E-state index < -0.39 is 0 Å². The van der Waals surface area contributed by atoms with E-state index in [9.17, 15) is 0 Å². The lowest BCUT2D eigenvalue weighted by Crippen LogP contribution is -1.97. The van der Waals surface area contributed by atoms with Crippen molar-refractivity contribution < 1.29 is 18.7 Å². The van der Waals surface area contributed by atoms with Gasteiger partial charge in [0.05, 0.1) is 26.4 Å². The summed E-state index contributed by atoms with van der Waals surface area (Å²) in [4.78, 5) is 9.26. The normalized spacial score (nSPS) is 10.8. The molecule has 0 aliphatic rings. The Balaban J connectivity index is 1.63. The second-order valence-electron chi connectivity index (χ2n) is 6.43. The van der Waals surface area contributed by atoms with Gasteiger partial charge < -0.3 is 35.5 Å². The number of ether oxygens (including phenoxy) is 3. The van der Waals surface area contributed by atoms with Gasteiger partial charge in [0.15, 0.2) is 16.6 Å². The van der Waals surface area contributed by atoms with Crippen LogP contribution in [0.5, 0.6) is 17.2 Å². The number of methoxy groups -OCH3 is 3. The van der Waals surface area contributed by atoms with Gasteiger partial charge in [-0.05, 0) is 18.2 Å². The molecule has 0 bridgehead atoms. The minimum Gasteiger partial charge on any atom is -0.493 e. The molecule has 0 unspecified atom stereocenters. The van der Waals surface area contributed by atoms with Crippen molar-refractivity contribution in [2.45, 2.75) is 0 Å². The molecule has 4 rings (SSSR count). The standard InChI is InChI=1S/C20H19ClN6O4S/c1-28-13-7-10(8-14(29-2)15(13)30-3)24-20-25-17(23)16(32-20)19-26-18(27-31-19)11-6-9(22)4-5-12(11)21/h4-8H,22-23H2,1-3H3,(H,24,25). The molecule has 0 amide bonds. The number of nitrogens with two attached hydrogens (primary N) is 2. The van der Waals surface area contributed by atoms with E-state index in [0.29, 0.717) is 55.0 Å². The summed E-state index contributed by atoms with van der Waals surface area (Å²) in [7, 11) is 4.62. The van der Waals surface area contributed by atoms with Crippen molar-refractivity contribution in [3.8, 4) is 39.4 Å². The Labute approximate surface area is 192 Å². The lowest BCUT2D eigenvalue weighted by Gasteiger charge is -2.14. The summed E-state index contributed by atoms with van der Waals surface area (Å²) in [6, 6.07) is 8.54. The molecule has 0 fully saturated rings. The van der Waals surface area contributed by atoms with Gasteiger partial charge in [-0.3, -0.25) is 0 Å². The Morgan fingerprint density at radius 2 is 1.72 bits per heavy atom. The van der Waals surface area contributed by atoms with E-state index in [1.54, 1.807) is 44.6 Å². The summed E-state index contributed by atoms with van der Waals surface area (Å²) < 4.78 is 21.5. The quantitative estimate of drug-likeness (QED) is 0.328. The SMILES string of the molecule is COc1cc(Nc2nc(N)c(-c3nc(-c4cc(N)ccc4Cl)no3)s2)cc(OC)c1OC. The third kappa shape index (κ3) is 4.07. The number of hydrogen-bond acceptors (Lipinski definition) is 11. The smallest absolute Gasteiger partial charge is 0.272 e. The fourth-order valence-corrected chi connectivity index (χ4v) is 3.98. The molecule has 4 aromatic rings. The summed E-state index contributed by atoms with van der Waals surface area (Å²) >= 11 is 7.48. The van der Waals surface area contributed by atoms with Crippen LogP contribution in [0.25, 0.3) is 22.2 Å². The molecule has 166 valence electrons. The lowest BCUT2D eigenvalue weighted by molar-refractivity contribution is 0.324. The number of rotatable bonds is 7. The molecule has 32 heavy (non-hydrogen) atoms. The van der Waals surface area contributed by atoms with Crippen LogP contribution in [0.3, 0.4) is 0 Å². The fraction of sp³-hybridized carbons (Fsp3) is 0.150. The van der Waals surface area contributed by atoms with Gasteiger partial charge in [0, 0.05) is 29.1 Å². The highest BCUT2D eigenvalue weighted by atomic mass is 35.5. The lowest BCUT2D eigenvalue weighted by atomic mass is 10.2. The van der Waals surface area contributed by atoms with E-state index >= 15 is 0 Å². The zero-order valence-corrected chi connectivity index (χ0v) is 18.9. The van der Waals surface area contributed by atoms with Crippen molar-refractivity contribution in [2.75, 3.05) is 38.1 Å². The van der Waals surface area contributed by atoms with Crippen molar-refractivity contribution in [3.05, 3.63) is 35.4 Å². The zero-order chi connectivity index (χ0) is 22.8. The highest BCUT2D eigenvalue weighted by molar-refractivity contribution is 7.19. The Kier molecular flexibility index (Phi) is 5.93. The largest absolute Gasteiger partial charge is 0.493 e. The van der Waals surface area contributed by atoms with E-state index in [-0.39, 0.29) is 11.7 Å². The van der Waals surface area contributed by atoms with Crippen LogP contribution in [0.4, 0.5) is 22.3 Å². The molecule has 12 heteroatoms. The van der Waals surface area contributed by atoms with E-state index in [1.807, 2.05) is 0 Å². The van der Waals surface area contributed by atoms with Crippen LogP contribution in [-0.2, 0) is 0 Å². The van der Waals surface area contributed by atoms with E-state index in [0.717, 1.165) is 0 Å². The molecule has 5 N–H and O–H groups in total. The Bertz CT molecular complexity index is 1250. The van der Waals surface area contributed by atoms with Crippen molar-refractivity contribution in [1.82, 2.24) is 15.1 Å². The van der Waals surface area contributed by atoms with E-state index in [4.69, 9.17) is 41.8 Å². The number of benzene rings is 2. The molecular weight excluding hydrogens is 456 g/mol. The van der Waals surface area contributed by atoms with Gasteiger partial charge in [0.2, 0.25) is 11.6 Å². The molecule has 0 aliphatic heterocycles. The first-order valence-corrected chi connectivity index (χ1v) is 10.4. The monoisotopic (exact) mass is 474 g/mol. The number of aromatic nitrogens is 3. The minimum atomic E-state index is 0.214. The van der Waals surface area contributed by atoms with E-state index in [1.165, 1.54) is 18.4 Å². The molecule has 0 radical (unpaired) electrons. The van der Waals surface area contributed by atoms with Crippen LogP contribution in [0.2, 0.25) is 5.02 Å². The summed E-state index contributed by atoms with van der Waals surface area (Å²) in [5.41, 5.74) is 13.7. The van der Waals surface area contributed by atoms with Crippen LogP contribution in [0.15, 0.2) is 34.9 Å². The molecule has 0 saturated carbocycles. The first-order valence-electron chi connectivity index (χ1n) is 9.16. The molecular formula is C20H19ClN6O4S. The van der Waals surface area contributed by atoms with Gasteiger partial charge in [-0.25, -0.2) is 4.98 Å². The first kappa shape index (κ1) is 21.5. The van der Waals surface area contributed by atoms with Gasteiger partial charge in [-0.15, -0.1) is 0 Å². The molecule has 10 nitrogen and oxygen atoms in total. The number of anilines is 4. The predicted octanol–water partition coefficient (Wildman–Crippen LogP) is 4.45. The van der Waals surface area contributed by atoms with Gasteiger partial charge in [0.25, 0.3) is 5.89 Å². The van der Waals surface area contributed by atoms with Gasteiger partial charge in [0.1, 0.15) is 10.7 Å².